The summed E-state index contributed by atoms with van der Waals surface area (Å²) < 4.78 is 1.93. The van der Waals surface area contributed by atoms with E-state index in [0.717, 1.165) is 18.7 Å². The summed E-state index contributed by atoms with van der Waals surface area (Å²) in [5.74, 6) is 0.409. The molecule has 7 nitrogen and oxygen atoms in total. The molecular formula is C10H16N6O. The van der Waals surface area contributed by atoms with E-state index < -0.39 is 0 Å². The number of fused-ring (bicyclic) bond motifs is 1. The molecule has 0 saturated carbocycles. The zero-order valence-electron chi connectivity index (χ0n) is 10.00. The molecule has 0 unspecified atom stereocenters. The molecule has 7 heteroatoms. The van der Waals surface area contributed by atoms with Gasteiger partial charge in [-0.1, -0.05) is 0 Å². The summed E-state index contributed by atoms with van der Waals surface area (Å²) >= 11 is 0. The van der Waals surface area contributed by atoms with Gasteiger partial charge in [-0.15, -0.1) is 0 Å². The number of hydrogen-bond acceptors (Lipinski definition) is 6. The average Bonchev–Trinajstić information content (AvgIpc) is 2.72. The normalized spacial score (nSPS) is 11.5. The van der Waals surface area contributed by atoms with Crippen LogP contribution in [0, 0.1) is 0 Å². The Balaban J connectivity index is 2.12. The number of imidazole rings is 1. The van der Waals surface area contributed by atoms with E-state index in [2.05, 4.69) is 15.0 Å². The highest BCUT2D eigenvalue weighted by molar-refractivity contribution is 5.80. The Kier molecular flexibility index (Phi) is 3.50. The SMILES string of the molecule is CCON(C)CCn1cnc2c(N)ncnc21. The van der Waals surface area contributed by atoms with Gasteiger partial charge in [-0.2, -0.15) is 5.06 Å². The maximum Gasteiger partial charge on any atom is 0.165 e. The molecule has 0 aliphatic rings. The minimum absolute atomic E-state index is 0.409. The molecule has 0 aliphatic heterocycles. The first-order valence-electron chi connectivity index (χ1n) is 5.47. The van der Waals surface area contributed by atoms with E-state index in [1.165, 1.54) is 6.33 Å². The molecule has 0 fully saturated rings. The van der Waals surface area contributed by atoms with Crippen LogP contribution in [0.1, 0.15) is 6.92 Å². The van der Waals surface area contributed by atoms with E-state index in [1.807, 2.05) is 18.5 Å². The van der Waals surface area contributed by atoms with Gasteiger partial charge in [0.25, 0.3) is 0 Å². The lowest BCUT2D eigenvalue weighted by molar-refractivity contribution is -0.135. The number of hydrogen-bond donors (Lipinski definition) is 1. The molecule has 0 saturated heterocycles. The lowest BCUT2D eigenvalue weighted by Crippen LogP contribution is -2.23. The number of aromatic nitrogens is 4. The zero-order chi connectivity index (χ0) is 12.3. The van der Waals surface area contributed by atoms with Crippen molar-refractivity contribution in [1.82, 2.24) is 24.6 Å². The maximum atomic E-state index is 5.71. The molecular weight excluding hydrogens is 220 g/mol. The second-order valence-electron chi connectivity index (χ2n) is 3.64. The molecule has 0 bridgehead atoms. The van der Waals surface area contributed by atoms with Crippen molar-refractivity contribution < 1.29 is 4.84 Å². The van der Waals surface area contributed by atoms with Gasteiger partial charge in [0.05, 0.1) is 12.9 Å². The highest BCUT2D eigenvalue weighted by Crippen LogP contribution is 2.13. The Labute approximate surface area is 99.2 Å². The van der Waals surface area contributed by atoms with Crippen molar-refractivity contribution >= 4 is 17.0 Å². The van der Waals surface area contributed by atoms with Crippen molar-refractivity contribution in [2.45, 2.75) is 13.5 Å². The fourth-order valence-electron chi connectivity index (χ4n) is 1.60. The van der Waals surface area contributed by atoms with Crippen LogP contribution in [0.2, 0.25) is 0 Å². The van der Waals surface area contributed by atoms with Crippen LogP contribution in [-0.2, 0) is 11.4 Å². The van der Waals surface area contributed by atoms with Crippen molar-refractivity contribution in [3.63, 3.8) is 0 Å². The minimum Gasteiger partial charge on any atom is -0.382 e. The van der Waals surface area contributed by atoms with Crippen LogP contribution in [-0.4, -0.2) is 44.8 Å². The summed E-state index contributed by atoms with van der Waals surface area (Å²) in [4.78, 5) is 17.6. The fraction of sp³-hybridized carbons (Fsp3) is 0.500. The first kappa shape index (κ1) is 11.7. The van der Waals surface area contributed by atoms with E-state index in [-0.39, 0.29) is 0 Å². The van der Waals surface area contributed by atoms with Crippen LogP contribution < -0.4 is 5.73 Å². The summed E-state index contributed by atoms with van der Waals surface area (Å²) in [5, 5.41) is 1.79. The topological polar surface area (TPSA) is 82.1 Å². The van der Waals surface area contributed by atoms with Crippen molar-refractivity contribution in [2.75, 3.05) is 25.9 Å². The monoisotopic (exact) mass is 236 g/mol. The average molecular weight is 236 g/mol. The number of nitrogen functional groups attached to an aromatic ring is 1. The molecule has 0 radical (unpaired) electrons. The van der Waals surface area contributed by atoms with Crippen LogP contribution >= 0.6 is 0 Å². The van der Waals surface area contributed by atoms with Crippen LogP contribution in [0.4, 0.5) is 5.82 Å². The van der Waals surface area contributed by atoms with Gasteiger partial charge >= 0.3 is 0 Å². The highest BCUT2D eigenvalue weighted by Gasteiger charge is 2.08. The molecule has 0 atom stereocenters. The van der Waals surface area contributed by atoms with E-state index in [9.17, 15) is 0 Å². The third-order valence-corrected chi connectivity index (χ3v) is 2.43. The molecule has 17 heavy (non-hydrogen) atoms. The Morgan fingerprint density at radius 1 is 1.41 bits per heavy atom. The lowest BCUT2D eigenvalue weighted by atomic mass is 10.5. The van der Waals surface area contributed by atoms with E-state index in [1.54, 1.807) is 11.4 Å². The van der Waals surface area contributed by atoms with Gasteiger partial charge in [-0.3, -0.25) is 4.84 Å². The van der Waals surface area contributed by atoms with Crippen molar-refractivity contribution in [3.8, 4) is 0 Å². The van der Waals surface area contributed by atoms with Gasteiger partial charge in [0.15, 0.2) is 11.5 Å². The summed E-state index contributed by atoms with van der Waals surface area (Å²) in [5.41, 5.74) is 7.11. The van der Waals surface area contributed by atoms with E-state index >= 15 is 0 Å². The fourth-order valence-corrected chi connectivity index (χ4v) is 1.60. The van der Waals surface area contributed by atoms with Crippen molar-refractivity contribution in [2.24, 2.45) is 0 Å². The highest BCUT2D eigenvalue weighted by atomic mass is 16.7. The third-order valence-electron chi connectivity index (χ3n) is 2.43. The Bertz CT molecular complexity index is 497. The van der Waals surface area contributed by atoms with Crippen molar-refractivity contribution in [1.29, 1.82) is 0 Å². The molecule has 0 aliphatic carbocycles. The molecule has 0 amide bonds. The molecule has 2 rings (SSSR count). The molecule has 0 spiro atoms. The predicted octanol–water partition coefficient (Wildman–Crippen LogP) is 0.292. The van der Waals surface area contributed by atoms with Gasteiger partial charge in [-0.25, -0.2) is 15.0 Å². The summed E-state index contributed by atoms with van der Waals surface area (Å²) in [7, 11) is 1.89. The Hall–Kier alpha value is -1.73. The lowest BCUT2D eigenvalue weighted by Gasteiger charge is -2.15. The van der Waals surface area contributed by atoms with Crippen LogP contribution in [0.3, 0.4) is 0 Å². The second kappa shape index (κ2) is 5.07. The molecule has 2 N–H and O–H groups in total. The summed E-state index contributed by atoms with van der Waals surface area (Å²) in [6.45, 7) is 4.11. The number of likely N-dealkylation sites (N-methyl/N-ethyl adjacent to an activating group) is 1. The standard InChI is InChI=1S/C10H16N6O/c1-3-17-15(2)4-5-16-7-14-8-9(11)12-6-13-10(8)16/h6-7H,3-5H2,1-2H3,(H2,11,12,13). The van der Waals surface area contributed by atoms with Crippen LogP contribution in [0.25, 0.3) is 11.2 Å². The molecule has 0 aromatic carbocycles. The number of rotatable bonds is 5. The Morgan fingerprint density at radius 3 is 3.00 bits per heavy atom. The van der Waals surface area contributed by atoms with Gasteiger partial charge < -0.3 is 10.3 Å². The largest absolute Gasteiger partial charge is 0.382 e. The quantitative estimate of drug-likeness (QED) is 0.751. The van der Waals surface area contributed by atoms with Gasteiger partial charge in [-0.05, 0) is 6.92 Å². The number of nitrogens with zero attached hydrogens (tertiary/aromatic N) is 5. The molecule has 2 aromatic rings. The van der Waals surface area contributed by atoms with Crippen LogP contribution in [0.5, 0.6) is 0 Å². The number of nitrogens with two attached hydrogens (primary N) is 1. The first-order chi connectivity index (χ1) is 8.22. The maximum absolute atomic E-state index is 5.71. The number of hydroxylamine groups is 2. The summed E-state index contributed by atoms with van der Waals surface area (Å²) in [6, 6.07) is 0. The minimum atomic E-state index is 0.409. The Morgan fingerprint density at radius 2 is 2.24 bits per heavy atom. The number of anilines is 1. The third kappa shape index (κ3) is 2.51. The van der Waals surface area contributed by atoms with Crippen molar-refractivity contribution in [3.05, 3.63) is 12.7 Å². The first-order valence-corrected chi connectivity index (χ1v) is 5.47. The van der Waals surface area contributed by atoms with Crippen LogP contribution in [0.15, 0.2) is 12.7 Å². The van der Waals surface area contributed by atoms with Gasteiger partial charge in [0.2, 0.25) is 0 Å². The van der Waals surface area contributed by atoms with E-state index in [4.69, 9.17) is 10.6 Å². The zero-order valence-corrected chi connectivity index (χ0v) is 10.00. The molecule has 2 aromatic heterocycles. The molecule has 92 valence electrons. The van der Waals surface area contributed by atoms with E-state index in [0.29, 0.717) is 17.9 Å². The second-order valence-corrected chi connectivity index (χ2v) is 3.64. The predicted molar refractivity (Wildman–Crippen MR) is 64.0 cm³/mol. The smallest absolute Gasteiger partial charge is 0.165 e. The molecule has 2 heterocycles. The van der Waals surface area contributed by atoms with Gasteiger partial charge in [0, 0.05) is 20.1 Å². The van der Waals surface area contributed by atoms with Gasteiger partial charge in [0.1, 0.15) is 11.8 Å². The summed E-state index contributed by atoms with van der Waals surface area (Å²) in [6.07, 6.45) is 3.16.